The Labute approximate surface area is 121 Å². The van der Waals surface area contributed by atoms with Crippen molar-refractivity contribution in [1.82, 2.24) is 4.98 Å². The Bertz CT molecular complexity index is 529. The summed E-state index contributed by atoms with van der Waals surface area (Å²) in [4.78, 5) is 5.53. The van der Waals surface area contributed by atoms with Crippen molar-refractivity contribution < 1.29 is 0 Å². The van der Waals surface area contributed by atoms with Crippen LogP contribution in [0.2, 0.25) is 0 Å². The Kier molecular flexibility index (Phi) is 4.13. The van der Waals surface area contributed by atoms with Crippen molar-refractivity contribution in [3.8, 4) is 11.1 Å². The maximum absolute atomic E-state index is 4.25. The molecule has 0 N–H and O–H groups in total. The maximum atomic E-state index is 4.25. The first-order chi connectivity index (χ1) is 8.46. The molecule has 1 nitrogen and oxygen atoms in total. The van der Waals surface area contributed by atoms with Gasteiger partial charge in [0.15, 0.2) is 0 Å². The topological polar surface area (TPSA) is 12.9 Å². The summed E-state index contributed by atoms with van der Waals surface area (Å²) in [7, 11) is 0. The molecule has 0 radical (unpaired) electrons. The highest BCUT2D eigenvalue weighted by molar-refractivity contribution is 9.10. The third-order valence-electron chi connectivity index (χ3n) is 2.35. The highest BCUT2D eigenvalue weighted by Gasteiger charge is 2.15. The molecule has 0 spiro atoms. The van der Waals surface area contributed by atoms with E-state index < -0.39 is 0 Å². The molecule has 0 aliphatic heterocycles. The van der Waals surface area contributed by atoms with Crippen molar-refractivity contribution in [3.05, 3.63) is 47.2 Å². The summed E-state index contributed by atoms with van der Waals surface area (Å²) in [6.07, 6.45) is 3.80. The smallest absolute Gasteiger partial charge is 0.0357 e. The Morgan fingerprint density at radius 2 is 1.72 bits per heavy atom. The van der Waals surface area contributed by atoms with E-state index >= 15 is 0 Å². The Balaban J connectivity index is 2.41. The number of rotatable bonds is 2. The van der Waals surface area contributed by atoms with Gasteiger partial charge in [0.2, 0.25) is 0 Å². The lowest BCUT2D eigenvalue weighted by Crippen LogP contribution is -2.07. The van der Waals surface area contributed by atoms with Crippen LogP contribution >= 0.6 is 27.7 Å². The van der Waals surface area contributed by atoms with E-state index in [0.29, 0.717) is 0 Å². The zero-order valence-corrected chi connectivity index (χ0v) is 13.2. The highest BCUT2D eigenvalue weighted by atomic mass is 79.9. The lowest BCUT2D eigenvalue weighted by Gasteiger charge is -2.19. The predicted octanol–water partition coefficient (Wildman–Crippen LogP) is 5.40. The van der Waals surface area contributed by atoms with E-state index in [1.807, 2.05) is 24.2 Å². The van der Waals surface area contributed by atoms with E-state index in [1.54, 1.807) is 0 Å². The minimum Gasteiger partial charge on any atom is -0.264 e. The van der Waals surface area contributed by atoms with Crippen molar-refractivity contribution in [1.29, 1.82) is 0 Å². The summed E-state index contributed by atoms with van der Waals surface area (Å²) in [5.41, 5.74) is 2.41. The second kappa shape index (κ2) is 5.45. The molecule has 2 rings (SSSR count). The van der Waals surface area contributed by atoms with Crippen LogP contribution in [-0.2, 0) is 0 Å². The Morgan fingerprint density at radius 3 is 2.33 bits per heavy atom. The van der Waals surface area contributed by atoms with Crippen molar-refractivity contribution in [2.45, 2.75) is 30.4 Å². The van der Waals surface area contributed by atoms with Crippen molar-refractivity contribution >= 4 is 27.7 Å². The first-order valence-corrected chi connectivity index (χ1v) is 7.46. The number of hydrogen-bond acceptors (Lipinski definition) is 2. The van der Waals surface area contributed by atoms with Crippen LogP contribution in [0, 0.1) is 0 Å². The number of benzene rings is 1. The monoisotopic (exact) mass is 321 g/mol. The van der Waals surface area contributed by atoms with Crippen LogP contribution in [0.3, 0.4) is 0 Å². The van der Waals surface area contributed by atoms with Gasteiger partial charge in [0.05, 0.1) is 0 Å². The van der Waals surface area contributed by atoms with Crippen molar-refractivity contribution in [3.63, 3.8) is 0 Å². The molecule has 0 amide bonds. The number of pyridine rings is 1. The lowest BCUT2D eigenvalue weighted by atomic mass is 10.1. The van der Waals surface area contributed by atoms with E-state index in [2.05, 4.69) is 72.0 Å². The maximum Gasteiger partial charge on any atom is 0.0357 e. The highest BCUT2D eigenvalue weighted by Crippen LogP contribution is 2.38. The Hall–Kier alpha value is -0.800. The first kappa shape index (κ1) is 13.6. The lowest BCUT2D eigenvalue weighted by molar-refractivity contribution is 0.803. The molecule has 0 bridgehead atoms. The van der Waals surface area contributed by atoms with E-state index in [0.717, 1.165) is 4.47 Å². The molecule has 3 heteroatoms. The standard InChI is InChI=1S/C15H16BrNS/c1-15(2,3)18-14-8-9-17-10-13(14)11-4-6-12(16)7-5-11/h4-10H,1-3H3. The van der Waals surface area contributed by atoms with Gasteiger partial charge in [-0.1, -0.05) is 48.8 Å². The zero-order valence-electron chi connectivity index (χ0n) is 10.8. The minimum atomic E-state index is 0.200. The fourth-order valence-electron chi connectivity index (χ4n) is 1.65. The number of nitrogens with zero attached hydrogens (tertiary/aromatic N) is 1. The molecule has 0 aliphatic carbocycles. The second-order valence-electron chi connectivity index (χ2n) is 5.09. The van der Waals surface area contributed by atoms with E-state index in [-0.39, 0.29) is 4.75 Å². The molecule has 0 saturated carbocycles. The molecule has 1 heterocycles. The number of aromatic nitrogens is 1. The summed E-state index contributed by atoms with van der Waals surface area (Å²) in [5.74, 6) is 0. The second-order valence-corrected chi connectivity index (χ2v) is 7.88. The van der Waals surface area contributed by atoms with Gasteiger partial charge >= 0.3 is 0 Å². The van der Waals surface area contributed by atoms with E-state index in [4.69, 9.17) is 0 Å². The first-order valence-electron chi connectivity index (χ1n) is 5.85. The molecule has 0 saturated heterocycles. The van der Waals surface area contributed by atoms with Gasteiger partial charge < -0.3 is 0 Å². The molecule has 1 aromatic heterocycles. The number of thioether (sulfide) groups is 1. The summed E-state index contributed by atoms with van der Waals surface area (Å²) >= 11 is 5.34. The van der Waals surface area contributed by atoms with Crippen LogP contribution in [0.1, 0.15) is 20.8 Å². The van der Waals surface area contributed by atoms with Gasteiger partial charge in [0, 0.05) is 32.1 Å². The summed E-state index contributed by atoms with van der Waals surface area (Å²) in [6.45, 7) is 6.68. The molecule has 1 aromatic carbocycles. The zero-order chi connectivity index (χ0) is 13.2. The molecule has 2 aromatic rings. The SMILES string of the molecule is CC(C)(C)Sc1ccncc1-c1ccc(Br)cc1. The molecular weight excluding hydrogens is 306 g/mol. The molecule has 94 valence electrons. The van der Waals surface area contributed by atoms with E-state index in [9.17, 15) is 0 Å². The van der Waals surface area contributed by atoms with Crippen LogP contribution < -0.4 is 0 Å². The van der Waals surface area contributed by atoms with Gasteiger partial charge in [0.25, 0.3) is 0 Å². The van der Waals surface area contributed by atoms with Crippen LogP contribution in [0.5, 0.6) is 0 Å². The van der Waals surface area contributed by atoms with Gasteiger partial charge in [0.1, 0.15) is 0 Å². The van der Waals surface area contributed by atoms with Gasteiger partial charge in [-0.3, -0.25) is 4.98 Å². The summed E-state index contributed by atoms with van der Waals surface area (Å²) in [5, 5.41) is 0. The fourth-order valence-corrected chi connectivity index (χ4v) is 2.98. The quantitative estimate of drug-likeness (QED) is 0.687. The average Bonchev–Trinajstić information content (AvgIpc) is 2.29. The number of halogens is 1. The Morgan fingerprint density at radius 1 is 1.06 bits per heavy atom. The van der Waals surface area contributed by atoms with Crippen LogP contribution in [0.25, 0.3) is 11.1 Å². The minimum absolute atomic E-state index is 0.200. The van der Waals surface area contributed by atoms with Gasteiger partial charge in [-0.25, -0.2) is 0 Å². The van der Waals surface area contributed by atoms with Gasteiger partial charge in [-0.15, -0.1) is 11.8 Å². The van der Waals surface area contributed by atoms with Crippen LogP contribution in [-0.4, -0.2) is 9.73 Å². The van der Waals surface area contributed by atoms with Gasteiger partial charge in [-0.2, -0.15) is 0 Å². The molecule has 18 heavy (non-hydrogen) atoms. The fraction of sp³-hybridized carbons (Fsp3) is 0.267. The normalized spacial score (nSPS) is 11.6. The van der Waals surface area contributed by atoms with Crippen LogP contribution in [0.4, 0.5) is 0 Å². The molecule has 0 unspecified atom stereocenters. The molecular formula is C15H16BrNS. The van der Waals surface area contributed by atoms with E-state index in [1.165, 1.54) is 16.0 Å². The van der Waals surface area contributed by atoms with Gasteiger partial charge in [-0.05, 0) is 23.8 Å². The summed E-state index contributed by atoms with van der Waals surface area (Å²) in [6, 6.07) is 10.5. The average molecular weight is 322 g/mol. The third kappa shape index (κ3) is 3.59. The third-order valence-corrected chi connectivity index (χ3v) is 4.07. The number of hydrogen-bond donors (Lipinski definition) is 0. The van der Waals surface area contributed by atoms with Crippen molar-refractivity contribution in [2.24, 2.45) is 0 Å². The van der Waals surface area contributed by atoms with Crippen molar-refractivity contribution in [2.75, 3.05) is 0 Å². The summed E-state index contributed by atoms with van der Waals surface area (Å²) < 4.78 is 1.30. The van der Waals surface area contributed by atoms with Crippen LogP contribution in [0.15, 0.2) is 52.1 Å². The predicted molar refractivity (Wildman–Crippen MR) is 83.0 cm³/mol. The molecule has 0 atom stereocenters. The largest absolute Gasteiger partial charge is 0.264 e. The molecule has 0 aliphatic rings. The molecule has 0 fully saturated rings.